The first kappa shape index (κ1) is 12.8. The Morgan fingerprint density at radius 2 is 2.00 bits per heavy atom. The highest BCUT2D eigenvalue weighted by atomic mass is 35.5. The molecular formula is C9H3Cl2F3N2. The molecule has 1 rings (SSSR count). The van der Waals surface area contributed by atoms with Crippen LogP contribution in [0.3, 0.4) is 0 Å². The Bertz CT molecular complexity index is 475. The van der Waals surface area contributed by atoms with Gasteiger partial charge in [-0.2, -0.15) is 18.4 Å². The number of rotatable bonds is 1. The lowest BCUT2D eigenvalue weighted by Gasteiger charge is -2.04. The van der Waals surface area contributed by atoms with Crippen LogP contribution in [0, 0.1) is 11.3 Å². The van der Waals surface area contributed by atoms with E-state index in [0.717, 1.165) is 0 Å². The molecule has 0 heterocycles. The topological polar surface area (TPSA) is 36.1 Å². The number of hydrogen-bond acceptors (Lipinski definition) is 2. The smallest absolute Gasteiger partial charge is 0.231 e. The molecule has 0 N–H and O–H groups in total. The Morgan fingerprint density at radius 1 is 1.38 bits per heavy atom. The molecule has 0 amide bonds. The van der Waals surface area contributed by atoms with Crippen molar-refractivity contribution < 1.29 is 13.2 Å². The average molecular weight is 267 g/mol. The summed E-state index contributed by atoms with van der Waals surface area (Å²) in [6, 6.07) is 5.49. The number of alkyl halides is 3. The van der Waals surface area contributed by atoms with Gasteiger partial charge in [-0.25, -0.2) is 4.99 Å². The lowest BCUT2D eigenvalue weighted by Crippen LogP contribution is -2.16. The van der Waals surface area contributed by atoms with Crippen LogP contribution in [0.1, 0.15) is 5.56 Å². The molecule has 16 heavy (non-hydrogen) atoms. The predicted octanol–water partition coefficient (Wildman–Crippen LogP) is 4.04. The largest absolute Gasteiger partial charge is 0.444 e. The molecule has 0 radical (unpaired) electrons. The van der Waals surface area contributed by atoms with Crippen molar-refractivity contribution in [2.75, 3.05) is 0 Å². The summed E-state index contributed by atoms with van der Waals surface area (Å²) in [7, 11) is 0. The van der Waals surface area contributed by atoms with Crippen molar-refractivity contribution >= 4 is 34.1 Å². The third-order valence-electron chi connectivity index (χ3n) is 1.53. The van der Waals surface area contributed by atoms with E-state index >= 15 is 0 Å². The summed E-state index contributed by atoms with van der Waals surface area (Å²) in [6.07, 6.45) is -4.71. The molecule has 0 bridgehead atoms. The molecule has 0 atom stereocenters. The van der Waals surface area contributed by atoms with Gasteiger partial charge in [0.05, 0.1) is 22.3 Å². The third-order valence-corrected chi connectivity index (χ3v) is 2.13. The lowest BCUT2D eigenvalue weighted by atomic mass is 10.2. The van der Waals surface area contributed by atoms with Crippen molar-refractivity contribution in [3.63, 3.8) is 0 Å². The maximum Gasteiger partial charge on any atom is 0.444 e. The molecule has 0 aliphatic heterocycles. The van der Waals surface area contributed by atoms with E-state index < -0.39 is 11.3 Å². The molecule has 0 saturated heterocycles. The van der Waals surface area contributed by atoms with Crippen LogP contribution in [-0.2, 0) is 0 Å². The fourth-order valence-electron chi connectivity index (χ4n) is 0.836. The van der Waals surface area contributed by atoms with Gasteiger partial charge in [0.1, 0.15) is 0 Å². The van der Waals surface area contributed by atoms with Crippen molar-refractivity contribution in [2.24, 2.45) is 4.99 Å². The van der Waals surface area contributed by atoms with Crippen molar-refractivity contribution in [3.05, 3.63) is 28.8 Å². The van der Waals surface area contributed by atoms with E-state index in [-0.39, 0.29) is 16.3 Å². The van der Waals surface area contributed by atoms with Gasteiger partial charge in [-0.15, -0.1) is 0 Å². The Hall–Kier alpha value is -1.25. The SMILES string of the molecule is N#Cc1ccc(N=C(Cl)C(F)(F)F)c(Cl)c1. The highest BCUT2D eigenvalue weighted by Gasteiger charge is 2.34. The van der Waals surface area contributed by atoms with Gasteiger partial charge in [0.25, 0.3) is 0 Å². The lowest BCUT2D eigenvalue weighted by molar-refractivity contribution is -0.0558. The number of aliphatic imine (C=N–C) groups is 1. The van der Waals surface area contributed by atoms with Crippen molar-refractivity contribution in [3.8, 4) is 6.07 Å². The first-order valence-electron chi connectivity index (χ1n) is 3.85. The highest BCUT2D eigenvalue weighted by molar-refractivity contribution is 6.67. The summed E-state index contributed by atoms with van der Waals surface area (Å²) in [5.41, 5.74) is 0.0927. The second kappa shape index (κ2) is 4.73. The average Bonchev–Trinajstić information content (AvgIpc) is 2.19. The summed E-state index contributed by atoms with van der Waals surface area (Å²) >= 11 is 10.6. The highest BCUT2D eigenvalue weighted by Crippen LogP contribution is 2.29. The molecule has 0 fully saturated rings. The minimum absolute atomic E-state index is 0.0681. The fourth-order valence-corrected chi connectivity index (χ4v) is 1.15. The van der Waals surface area contributed by atoms with Crippen LogP contribution in [-0.4, -0.2) is 11.3 Å². The van der Waals surface area contributed by atoms with E-state index in [2.05, 4.69) is 4.99 Å². The molecule has 84 valence electrons. The fraction of sp³-hybridized carbons (Fsp3) is 0.111. The zero-order valence-electron chi connectivity index (χ0n) is 7.52. The summed E-state index contributed by atoms with van der Waals surface area (Å²) in [4.78, 5) is 3.12. The van der Waals surface area contributed by atoms with Gasteiger partial charge in [0.15, 0.2) is 0 Å². The minimum Gasteiger partial charge on any atom is -0.231 e. The van der Waals surface area contributed by atoms with Crippen LogP contribution < -0.4 is 0 Å². The second-order valence-electron chi connectivity index (χ2n) is 2.68. The van der Waals surface area contributed by atoms with E-state index in [1.165, 1.54) is 18.2 Å². The van der Waals surface area contributed by atoms with Gasteiger partial charge in [-0.05, 0) is 18.2 Å². The molecule has 1 aromatic rings. The van der Waals surface area contributed by atoms with Crippen LogP contribution in [0.5, 0.6) is 0 Å². The van der Waals surface area contributed by atoms with Crippen molar-refractivity contribution in [1.29, 1.82) is 5.26 Å². The Balaban J connectivity index is 3.13. The number of nitriles is 1. The first-order valence-corrected chi connectivity index (χ1v) is 4.61. The van der Waals surface area contributed by atoms with Crippen LogP contribution in [0.2, 0.25) is 5.02 Å². The number of nitrogens with zero attached hydrogens (tertiary/aromatic N) is 2. The number of halogens is 5. The molecule has 0 saturated carbocycles. The minimum atomic E-state index is -4.71. The third kappa shape index (κ3) is 3.12. The maximum atomic E-state index is 12.1. The zero-order chi connectivity index (χ0) is 12.3. The summed E-state index contributed by atoms with van der Waals surface area (Å²) in [5, 5.41) is 6.93. The van der Waals surface area contributed by atoms with Gasteiger partial charge in [0, 0.05) is 0 Å². The molecule has 0 aliphatic carbocycles. The number of benzene rings is 1. The van der Waals surface area contributed by atoms with E-state index in [9.17, 15) is 13.2 Å². The van der Waals surface area contributed by atoms with Crippen LogP contribution in [0.25, 0.3) is 0 Å². The molecule has 0 spiro atoms. The monoisotopic (exact) mass is 266 g/mol. The zero-order valence-corrected chi connectivity index (χ0v) is 9.03. The second-order valence-corrected chi connectivity index (χ2v) is 3.44. The normalized spacial score (nSPS) is 12.4. The Morgan fingerprint density at radius 3 is 2.44 bits per heavy atom. The van der Waals surface area contributed by atoms with E-state index in [1.54, 1.807) is 6.07 Å². The molecule has 0 aliphatic rings. The molecule has 2 nitrogen and oxygen atoms in total. The quantitative estimate of drug-likeness (QED) is 0.707. The van der Waals surface area contributed by atoms with Gasteiger partial charge in [0.2, 0.25) is 5.17 Å². The van der Waals surface area contributed by atoms with Crippen LogP contribution in [0.15, 0.2) is 23.2 Å². The van der Waals surface area contributed by atoms with E-state index in [1.807, 2.05) is 0 Å². The van der Waals surface area contributed by atoms with E-state index in [4.69, 9.17) is 28.5 Å². The summed E-state index contributed by atoms with van der Waals surface area (Å²) in [6.45, 7) is 0. The standard InChI is InChI=1S/C9H3Cl2F3N2/c10-6-3-5(4-15)1-2-7(6)16-8(11)9(12,13)14/h1-3H. The van der Waals surface area contributed by atoms with Crippen LogP contribution in [0.4, 0.5) is 18.9 Å². The molecule has 1 aromatic carbocycles. The van der Waals surface area contributed by atoms with Gasteiger partial charge in [-0.1, -0.05) is 23.2 Å². The molecule has 7 heteroatoms. The Kier molecular flexibility index (Phi) is 3.79. The van der Waals surface area contributed by atoms with E-state index in [0.29, 0.717) is 0 Å². The summed E-state index contributed by atoms with van der Waals surface area (Å²) in [5.74, 6) is 0. The number of hydrogen-bond donors (Lipinski definition) is 0. The predicted molar refractivity (Wildman–Crippen MR) is 55.2 cm³/mol. The van der Waals surface area contributed by atoms with Crippen molar-refractivity contribution in [2.45, 2.75) is 6.18 Å². The van der Waals surface area contributed by atoms with Crippen molar-refractivity contribution in [1.82, 2.24) is 0 Å². The molecular weight excluding hydrogens is 264 g/mol. The first-order chi connectivity index (χ1) is 7.34. The van der Waals surface area contributed by atoms with Gasteiger partial charge < -0.3 is 0 Å². The van der Waals surface area contributed by atoms with Gasteiger partial charge in [-0.3, -0.25) is 0 Å². The Labute approximate surface area is 98.9 Å². The molecule has 0 aromatic heterocycles. The van der Waals surface area contributed by atoms with Crippen LogP contribution >= 0.6 is 23.2 Å². The molecule has 0 unspecified atom stereocenters. The summed E-state index contributed by atoms with van der Waals surface area (Å²) < 4.78 is 36.2. The van der Waals surface area contributed by atoms with Gasteiger partial charge >= 0.3 is 6.18 Å². The maximum absolute atomic E-state index is 12.1.